The Morgan fingerprint density at radius 2 is 2.33 bits per heavy atom. The molecule has 1 aromatic carbocycles. The lowest BCUT2D eigenvalue weighted by molar-refractivity contribution is 0.0314. The van der Waals surface area contributed by atoms with Crippen molar-refractivity contribution in [3.63, 3.8) is 0 Å². The van der Waals surface area contributed by atoms with Crippen molar-refractivity contribution in [2.75, 3.05) is 6.61 Å². The fourth-order valence-electron chi connectivity index (χ4n) is 2.59. The molecule has 1 fully saturated rings. The van der Waals surface area contributed by atoms with Crippen molar-refractivity contribution in [3.8, 4) is 0 Å². The third-order valence-corrected chi connectivity index (χ3v) is 3.84. The number of aliphatic hydroxyl groups excluding tert-OH is 1. The molecule has 2 nitrogen and oxygen atoms in total. The maximum Gasteiger partial charge on any atom is 0.127 e. The van der Waals surface area contributed by atoms with Gasteiger partial charge in [0.15, 0.2) is 0 Å². The molecule has 0 spiro atoms. The molecule has 1 aliphatic heterocycles. The molecule has 0 aromatic heterocycles. The van der Waals surface area contributed by atoms with Crippen LogP contribution in [0.2, 0.25) is 5.02 Å². The smallest absolute Gasteiger partial charge is 0.127 e. The Kier molecular flexibility index (Phi) is 4.60. The Morgan fingerprint density at radius 3 is 3.00 bits per heavy atom. The number of benzene rings is 1. The topological polar surface area (TPSA) is 29.5 Å². The van der Waals surface area contributed by atoms with Crippen molar-refractivity contribution in [1.29, 1.82) is 0 Å². The number of hydrogen-bond acceptors (Lipinski definition) is 2. The summed E-state index contributed by atoms with van der Waals surface area (Å²) in [5.74, 6) is -0.251. The van der Waals surface area contributed by atoms with E-state index in [-0.39, 0.29) is 17.8 Å². The Hall–Kier alpha value is -0.640. The molecular formula is C14H18ClFO2. The van der Waals surface area contributed by atoms with E-state index < -0.39 is 6.10 Å². The lowest BCUT2D eigenvalue weighted by atomic mass is 9.89. The third kappa shape index (κ3) is 3.02. The van der Waals surface area contributed by atoms with Crippen LogP contribution >= 0.6 is 11.6 Å². The Morgan fingerprint density at radius 1 is 1.56 bits per heavy atom. The minimum absolute atomic E-state index is 0.0929. The SMILES string of the molecule is CCC1OCCC1C(O)Cc1ccc(Cl)cc1F. The number of hydrogen-bond donors (Lipinski definition) is 1. The van der Waals surface area contributed by atoms with Crippen LogP contribution in [0, 0.1) is 11.7 Å². The molecular weight excluding hydrogens is 255 g/mol. The van der Waals surface area contributed by atoms with Gasteiger partial charge in [-0.25, -0.2) is 4.39 Å². The van der Waals surface area contributed by atoms with E-state index >= 15 is 0 Å². The molecule has 18 heavy (non-hydrogen) atoms. The normalized spacial score (nSPS) is 25.3. The molecule has 2 rings (SSSR count). The van der Waals surface area contributed by atoms with Crippen LogP contribution < -0.4 is 0 Å². The van der Waals surface area contributed by atoms with E-state index in [9.17, 15) is 9.50 Å². The van der Waals surface area contributed by atoms with Crippen molar-refractivity contribution in [3.05, 3.63) is 34.6 Å². The van der Waals surface area contributed by atoms with Crippen LogP contribution in [0.25, 0.3) is 0 Å². The van der Waals surface area contributed by atoms with Crippen molar-refractivity contribution in [2.45, 2.75) is 38.4 Å². The van der Waals surface area contributed by atoms with Gasteiger partial charge >= 0.3 is 0 Å². The van der Waals surface area contributed by atoms with Gasteiger partial charge in [-0.05, 0) is 30.5 Å². The van der Waals surface area contributed by atoms with E-state index in [1.807, 2.05) is 6.92 Å². The lowest BCUT2D eigenvalue weighted by Gasteiger charge is -2.22. The van der Waals surface area contributed by atoms with E-state index in [0.29, 0.717) is 23.6 Å². The number of halogens is 2. The average molecular weight is 273 g/mol. The molecule has 4 heteroatoms. The first kappa shape index (κ1) is 13.8. The second-order valence-corrected chi connectivity index (χ2v) is 5.21. The zero-order chi connectivity index (χ0) is 13.1. The second-order valence-electron chi connectivity index (χ2n) is 4.78. The summed E-state index contributed by atoms with van der Waals surface area (Å²) < 4.78 is 19.2. The van der Waals surface area contributed by atoms with Crippen LogP contribution in [0.4, 0.5) is 4.39 Å². The van der Waals surface area contributed by atoms with Gasteiger partial charge in [0.05, 0.1) is 12.2 Å². The highest BCUT2D eigenvalue weighted by molar-refractivity contribution is 6.30. The highest BCUT2D eigenvalue weighted by Crippen LogP contribution is 2.28. The predicted octanol–water partition coefficient (Wildman–Crippen LogP) is 3.20. The summed E-state index contributed by atoms with van der Waals surface area (Å²) in [5, 5.41) is 10.6. The summed E-state index contributed by atoms with van der Waals surface area (Å²) >= 11 is 5.70. The quantitative estimate of drug-likeness (QED) is 0.912. The van der Waals surface area contributed by atoms with Gasteiger partial charge in [0.1, 0.15) is 5.82 Å². The highest BCUT2D eigenvalue weighted by Gasteiger charge is 2.32. The first-order chi connectivity index (χ1) is 8.61. The van der Waals surface area contributed by atoms with E-state index in [4.69, 9.17) is 16.3 Å². The van der Waals surface area contributed by atoms with Crippen LogP contribution in [0.3, 0.4) is 0 Å². The van der Waals surface area contributed by atoms with E-state index in [1.165, 1.54) is 6.07 Å². The Bertz CT molecular complexity index is 411. The molecule has 100 valence electrons. The van der Waals surface area contributed by atoms with Gasteiger partial charge in [-0.3, -0.25) is 0 Å². The molecule has 0 amide bonds. The second kappa shape index (κ2) is 6.00. The molecule has 0 saturated carbocycles. The fraction of sp³-hybridized carbons (Fsp3) is 0.571. The summed E-state index contributed by atoms with van der Waals surface area (Å²) in [6.45, 7) is 2.72. The van der Waals surface area contributed by atoms with E-state index in [0.717, 1.165) is 12.8 Å². The van der Waals surface area contributed by atoms with Crippen molar-refractivity contribution in [1.82, 2.24) is 0 Å². The average Bonchev–Trinajstić information content (AvgIpc) is 2.81. The Balaban J connectivity index is 2.04. The zero-order valence-corrected chi connectivity index (χ0v) is 11.2. The van der Waals surface area contributed by atoms with Crippen molar-refractivity contribution < 1.29 is 14.2 Å². The predicted molar refractivity (Wildman–Crippen MR) is 69.3 cm³/mol. The minimum atomic E-state index is -0.562. The first-order valence-electron chi connectivity index (χ1n) is 6.35. The molecule has 1 saturated heterocycles. The maximum absolute atomic E-state index is 13.6. The van der Waals surface area contributed by atoms with Crippen LogP contribution in [-0.4, -0.2) is 23.9 Å². The molecule has 1 aliphatic rings. The standard InChI is InChI=1S/C14H18ClFO2/c1-2-14-11(5-6-18-14)13(17)7-9-3-4-10(15)8-12(9)16/h3-4,8,11,13-14,17H,2,5-7H2,1H3. The van der Waals surface area contributed by atoms with Gasteiger partial charge in [0, 0.05) is 24.0 Å². The fourth-order valence-corrected chi connectivity index (χ4v) is 2.75. The van der Waals surface area contributed by atoms with Gasteiger partial charge < -0.3 is 9.84 Å². The van der Waals surface area contributed by atoms with Crippen LogP contribution in [-0.2, 0) is 11.2 Å². The molecule has 0 aliphatic carbocycles. The summed E-state index contributed by atoms with van der Waals surface area (Å²) in [6, 6.07) is 4.57. The van der Waals surface area contributed by atoms with Gasteiger partial charge in [-0.2, -0.15) is 0 Å². The minimum Gasteiger partial charge on any atom is -0.392 e. The van der Waals surface area contributed by atoms with Gasteiger partial charge in [0.2, 0.25) is 0 Å². The zero-order valence-electron chi connectivity index (χ0n) is 10.4. The van der Waals surface area contributed by atoms with Crippen molar-refractivity contribution >= 4 is 11.6 Å². The molecule has 3 unspecified atom stereocenters. The molecule has 1 heterocycles. The third-order valence-electron chi connectivity index (χ3n) is 3.60. The lowest BCUT2D eigenvalue weighted by Crippen LogP contribution is -2.29. The molecule has 0 bridgehead atoms. The maximum atomic E-state index is 13.6. The number of rotatable bonds is 4. The van der Waals surface area contributed by atoms with E-state index in [1.54, 1.807) is 12.1 Å². The van der Waals surface area contributed by atoms with Gasteiger partial charge in [0.25, 0.3) is 0 Å². The van der Waals surface area contributed by atoms with Gasteiger partial charge in [-0.15, -0.1) is 0 Å². The first-order valence-corrected chi connectivity index (χ1v) is 6.73. The van der Waals surface area contributed by atoms with E-state index in [2.05, 4.69) is 0 Å². The van der Waals surface area contributed by atoms with Crippen molar-refractivity contribution in [2.24, 2.45) is 5.92 Å². The Labute approximate surface area is 112 Å². The summed E-state index contributed by atoms with van der Waals surface area (Å²) in [5.41, 5.74) is 0.508. The summed E-state index contributed by atoms with van der Waals surface area (Å²) in [6.07, 6.45) is 1.57. The largest absolute Gasteiger partial charge is 0.392 e. The van der Waals surface area contributed by atoms with Crippen LogP contribution in [0.1, 0.15) is 25.3 Å². The monoisotopic (exact) mass is 272 g/mol. The summed E-state index contributed by atoms with van der Waals surface area (Å²) in [4.78, 5) is 0. The molecule has 0 radical (unpaired) electrons. The van der Waals surface area contributed by atoms with Crippen LogP contribution in [0.5, 0.6) is 0 Å². The summed E-state index contributed by atoms with van der Waals surface area (Å²) in [7, 11) is 0. The number of ether oxygens (including phenoxy) is 1. The highest BCUT2D eigenvalue weighted by atomic mass is 35.5. The number of aliphatic hydroxyl groups is 1. The van der Waals surface area contributed by atoms with Crippen LogP contribution in [0.15, 0.2) is 18.2 Å². The molecule has 1 N–H and O–H groups in total. The molecule has 3 atom stereocenters. The molecule has 1 aromatic rings. The van der Waals surface area contributed by atoms with Gasteiger partial charge in [-0.1, -0.05) is 24.6 Å².